The standard InChI is InChI=1S/C20H14Br2N2O2/c21-17-5-9-19(10-6-17)23(25)13-15-1-2-16(4-3-15)14-24(26)20-11-7-18(22)8-12-20/h1-14H/b23-13-,24-14-. The summed E-state index contributed by atoms with van der Waals surface area (Å²) in [5.41, 5.74) is 2.59. The summed E-state index contributed by atoms with van der Waals surface area (Å²) >= 11 is 6.69. The van der Waals surface area contributed by atoms with Crippen molar-refractivity contribution >= 4 is 55.7 Å². The van der Waals surface area contributed by atoms with Crippen LogP contribution >= 0.6 is 31.9 Å². The van der Waals surface area contributed by atoms with Gasteiger partial charge in [-0.15, -0.1) is 0 Å². The molecule has 0 fully saturated rings. The zero-order valence-electron chi connectivity index (χ0n) is 13.5. The highest BCUT2D eigenvalue weighted by atomic mass is 79.9. The van der Waals surface area contributed by atoms with Crippen molar-refractivity contribution in [3.05, 3.63) is 103 Å². The van der Waals surface area contributed by atoms with Gasteiger partial charge in [-0.25, -0.2) is 0 Å². The summed E-state index contributed by atoms with van der Waals surface area (Å²) < 4.78 is 3.46. The fourth-order valence-corrected chi connectivity index (χ4v) is 2.79. The molecule has 0 saturated carbocycles. The first kappa shape index (κ1) is 18.4. The van der Waals surface area contributed by atoms with Crippen molar-refractivity contribution in [1.82, 2.24) is 0 Å². The Bertz CT molecular complexity index is 868. The van der Waals surface area contributed by atoms with Crippen LogP contribution in [0, 0.1) is 10.4 Å². The van der Waals surface area contributed by atoms with Crippen molar-refractivity contribution in [3.8, 4) is 0 Å². The molecule has 3 rings (SSSR count). The highest BCUT2D eigenvalue weighted by Crippen LogP contribution is 2.17. The molecule has 3 aromatic carbocycles. The highest BCUT2D eigenvalue weighted by molar-refractivity contribution is 9.10. The van der Waals surface area contributed by atoms with E-state index in [-0.39, 0.29) is 0 Å². The van der Waals surface area contributed by atoms with Gasteiger partial charge >= 0.3 is 0 Å². The fourth-order valence-electron chi connectivity index (χ4n) is 2.26. The van der Waals surface area contributed by atoms with Crippen LogP contribution in [-0.4, -0.2) is 21.9 Å². The Morgan fingerprint density at radius 3 is 1.15 bits per heavy atom. The molecule has 6 heteroatoms. The lowest BCUT2D eigenvalue weighted by molar-refractivity contribution is -0.354. The minimum Gasteiger partial charge on any atom is -0.618 e. The van der Waals surface area contributed by atoms with Crippen LogP contribution < -0.4 is 0 Å². The quantitative estimate of drug-likeness (QED) is 0.210. The zero-order valence-corrected chi connectivity index (χ0v) is 16.7. The minimum absolute atomic E-state index is 0.546. The molecule has 0 heterocycles. The molecule has 0 saturated heterocycles. The van der Waals surface area contributed by atoms with Gasteiger partial charge in [0.1, 0.15) is 0 Å². The molecule has 4 nitrogen and oxygen atoms in total. The van der Waals surface area contributed by atoms with Crippen molar-refractivity contribution in [2.75, 3.05) is 0 Å². The Kier molecular flexibility index (Phi) is 5.85. The van der Waals surface area contributed by atoms with Gasteiger partial charge in [0.2, 0.25) is 11.4 Å². The largest absolute Gasteiger partial charge is 0.618 e. The van der Waals surface area contributed by atoms with E-state index in [0.717, 1.165) is 29.6 Å². The molecule has 0 bridgehead atoms. The first-order chi connectivity index (χ1) is 12.5. The number of benzene rings is 3. The lowest BCUT2D eigenvalue weighted by Crippen LogP contribution is -2.00. The molecular weight excluding hydrogens is 460 g/mol. The van der Waals surface area contributed by atoms with Crippen molar-refractivity contribution in [2.24, 2.45) is 0 Å². The van der Waals surface area contributed by atoms with Crippen LogP contribution in [0.1, 0.15) is 11.1 Å². The molecule has 0 unspecified atom stereocenters. The predicted octanol–water partition coefficient (Wildman–Crippen LogP) is 5.73. The molecule has 0 N–H and O–H groups in total. The van der Waals surface area contributed by atoms with E-state index in [1.807, 2.05) is 24.3 Å². The van der Waals surface area contributed by atoms with E-state index >= 15 is 0 Å². The van der Waals surface area contributed by atoms with Crippen LogP contribution in [0.4, 0.5) is 11.4 Å². The lowest BCUT2D eigenvalue weighted by Gasteiger charge is -2.04. The molecule has 0 amide bonds. The Hall–Kier alpha value is -2.44. The molecular formula is C20H14Br2N2O2. The van der Waals surface area contributed by atoms with E-state index in [9.17, 15) is 10.4 Å². The topological polar surface area (TPSA) is 52.1 Å². The summed E-state index contributed by atoms with van der Waals surface area (Å²) in [6, 6.07) is 21.4. The van der Waals surface area contributed by atoms with E-state index in [4.69, 9.17) is 0 Å². The normalized spacial score (nSPS) is 12.2. The third-order valence-electron chi connectivity index (χ3n) is 3.63. The third-order valence-corrected chi connectivity index (χ3v) is 4.69. The molecule has 0 atom stereocenters. The van der Waals surface area contributed by atoms with Crippen LogP contribution in [0.5, 0.6) is 0 Å². The summed E-state index contributed by atoms with van der Waals surface area (Å²) in [5.74, 6) is 0. The second-order valence-electron chi connectivity index (χ2n) is 5.53. The lowest BCUT2D eigenvalue weighted by atomic mass is 10.1. The molecule has 0 aromatic heterocycles. The molecule has 3 aromatic rings. The van der Waals surface area contributed by atoms with Gasteiger partial charge in [0, 0.05) is 44.3 Å². The maximum Gasteiger partial charge on any atom is 0.216 e. The Labute approximate surface area is 168 Å². The van der Waals surface area contributed by atoms with Gasteiger partial charge in [-0.1, -0.05) is 31.9 Å². The Balaban J connectivity index is 1.77. The van der Waals surface area contributed by atoms with Crippen LogP contribution in [0.15, 0.2) is 81.7 Å². The van der Waals surface area contributed by atoms with E-state index in [2.05, 4.69) is 31.9 Å². The number of hydrogen-bond donors (Lipinski definition) is 0. The molecule has 0 aliphatic heterocycles. The smallest absolute Gasteiger partial charge is 0.216 e. The Morgan fingerprint density at radius 2 is 0.846 bits per heavy atom. The second kappa shape index (κ2) is 8.29. The number of nitrogens with zero attached hydrogens (tertiary/aromatic N) is 2. The van der Waals surface area contributed by atoms with Gasteiger partial charge in [0.15, 0.2) is 12.4 Å². The van der Waals surface area contributed by atoms with Gasteiger partial charge in [-0.2, -0.15) is 9.48 Å². The number of rotatable bonds is 4. The maximum absolute atomic E-state index is 12.2. The van der Waals surface area contributed by atoms with Gasteiger partial charge < -0.3 is 10.4 Å². The SMILES string of the molecule is [O-]/[N+](=C\c1ccc(/C=[N+](\[O-])c2ccc(Br)cc2)cc1)c1ccc(Br)cc1. The van der Waals surface area contributed by atoms with Crippen molar-refractivity contribution < 1.29 is 9.48 Å². The first-order valence-corrected chi connectivity index (χ1v) is 9.33. The van der Waals surface area contributed by atoms with E-state index in [1.165, 1.54) is 12.4 Å². The average Bonchev–Trinajstić information content (AvgIpc) is 2.64. The van der Waals surface area contributed by atoms with Gasteiger partial charge in [-0.05, 0) is 48.5 Å². The van der Waals surface area contributed by atoms with Crippen LogP contribution in [0.2, 0.25) is 0 Å². The van der Waals surface area contributed by atoms with Gasteiger partial charge in [0.05, 0.1) is 0 Å². The summed E-state index contributed by atoms with van der Waals surface area (Å²) in [4.78, 5) is 0. The summed E-state index contributed by atoms with van der Waals surface area (Å²) in [6.07, 6.45) is 2.99. The Morgan fingerprint density at radius 1 is 0.538 bits per heavy atom. The van der Waals surface area contributed by atoms with Crippen molar-refractivity contribution in [3.63, 3.8) is 0 Å². The maximum atomic E-state index is 12.2. The second-order valence-corrected chi connectivity index (χ2v) is 7.36. The molecule has 0 radical (unpaired) electrons. The summed E-state index contributed by atoms with van der Waals surface area (Å²) in [5, 5.41) is 24.4. The minimum atomic E-state index is 0.546. The molecule has 0 aliphatic carbocycles. The average molecular weight is 474 g/mol. The van der Waals surface area contributed by atoms with Gasteiger partial charge in [-0.3, -0.25) is 0 Å². The van der Waals surface area contributed by atoms with Crippen LogP contribution in [0.25, 0.3) is 0 Å². The summed E-state index contributed by atoms with van der Waals surface area (Å²) in [7, 11) is 0. The number of hydrogen-bond acceptors (Lipinski definition) is 2. The van der Waals surface area contributed by atoms with Crippen LogP contribution in [-0.2, 0) is 0 Å². The molecule has 0 spiro atoms. The van der Waals surface area contributed by atoms with E-state index < -0.39 is 0 Å². The van der Waals surface area contributed by atoms with E-state index in [1.54, 1.807) is 48.5 Å². The van der Waals surface area contributed by atoms with Crippen LogP contribution in [0.3, 0.4) is 0 Å². The highest BCUT2D eigenvalue weighted by Gasteiger charge is 2.04. The number of halogens is 2. The van der Waals surface area contributed by atoms with Crippen molar-refractivity contribution in [2.45, 2.75) is 0 Å². The predicted molar refractivity (Wildman–Crippen MR) is 112 cm³/mol. The fraction of sp³-hybridized carbons (Fsp3) is 0. The molecule has 26 heavy (non-hydrogen) atoms. The van der Waals surface area contributed by atoms with Gasteiger partial charge in [0.25, 0.3) is 0 Å². The van der Waals surface area contributed by atoms with Crippen molar-refractivity contribution in [1.29, 1.82) is 0 Å². The first-order valence-electron chi connectivity index (χ1n) is 7.75. The monoisotopic (exact) mass is 472 g/mol. The zero-order chi connectivity index (χ0) is 18.5. The summed E-state index contributed by atoms with van der Waals surface area (Å²) in [6.45, 7) is 0. The molecule has 0 aliphatic rings. The molecule has 130 valence electrons. The third kappa shape index (κ3) is 4.80. The van der Waals surface area contributed by atoms with E-state index in [0.29, 0.717) is 11.4 Å².